The fraction of sp³-hybridized carbons (Fsp3) is 0.818. The Bertz CT molecular complexity index is 262. The van der Waals surface area contributed by atoms with Crippen molar-refractivity contribution in [3.05, 3.63) is 22.3 Å². The first-order valence-electron chi connectivity index (χ1n) is 5.48. The van der Waals surface area contributed by atoms with Gasteiger partial charge in [-0.15, -0.1) is 0 Å². The Kier molecular flexibility index (Phi) is 2.57. The number of nitro groups is 1. The van der Waals surface area contributed by atoms with Crippen molar-refractivity contribution < 1.29 is 4.92 Å². The predicted molar refractivity (Wildman–Crippen MR) is 54.5 cm³/mol. The number of hydrogen-bond donors (Lipinski definition) is 0. The molecule has 0 unspecified atom stereocenters. The van der Waals surface area contributed by atoms with Gasteiger partial charge < -0.3 is 0 Å². The van der Waals surface area contributed by atoms with Gasteiger partial charge in [0.25, 0.3) is 0 Å². The van der Waals surface area contributed by atoms with E-state index in [1.807, 2.05) is 6.08 Å². The molecule has 0 bridgehead atoms. The lowest BCUT2D eigenvalue weighted by atomic mass is 9.68. The van der Waals surface area contributed by atoms with Crippen LogP contribution in [0.4, 0.5) is 0 Å². The summed E-state index contributed by atoms with van der Waals surface area (Å²) in [7, 11) is 0. The summed E-state index contributed by atoms with van der Waals surface area (Å²) in [4.78, 5) is 10.8. The molecule has 0 aliphatic heterocycles. The van der Waals surface area contributed by atoms with Crippen molar-refractivity contribution in [1.29, 1.82) is 0 Å². The van der Waals surface area contributed by atoms with E-state index >= 15 is 0 Å². The van der Waals surface area contributed by atoms with E-state index in [2.05, 4.69) is 13.0 Å². The molecule has 0 heterocycles. The molecule has 1 fully saturated rings. The van der Waals surface area contributed by atoms with E-state index in [0.717, 1.165) is 12.8 Å². The van der Waals surface area contributed by atoms with Crippen LogP contribution in [-0.4, -0.2) is 11.0 Å². The molecule has 0 aromatic carbocycles. The van der Waals surface area contributed by atoms with Crippen LogP contribution in [0.2, 0.25) is 0 Å². The molecule has 2 aliphatic rings. The molecule has 1 saturated carbocycles. The summed E-state index contributed by atoms with van der Waals surface area (Å²) in [6.45, 7) is 2.21. The molecule has 3 heteroatoms. The Morgan fingerprint density at radius 3 is 2.93 bits per heavy atom. The summed E-state index contributed by atoms with van der Waals surface area (Å²) in [5, 5.41) is 10.9. The average Bonchev–Trinajstić information content (AvgIpc) is 2.16. The van der Waals surface area contributed by atoms with Crippen molar-refractivity contribution in [3.8, 4) is 0 Å². The first-order chi connectivity index (χ1) is 6.68. The van der Waals surface area contributed by atoms with Crippen LogP contribution in [-0.2, 0) is 0 Å². The van der Waals surface area contributed by atoms with Gasteiger partial charge in [-0.3, -0.25) is 10.1 Å². The Hall–Kier alpha value is -0.860. The lowest BCUT2D eigenvalue weighted by Crippen LogP contribution is -2.39. The minimum atomic E-state index is -0.312. The highest BCUT2D eigenvalue weighted by Crippen LogP contribution is 2.40. The molecule has 0 radical (unpaired) electrons. The van der Waals surface area contributed by atoms with Crippen molar-refractivity contribution in [3.63, 3.8) is 0 Å². The highest BCUT2D eigenvalue weighted by Gasteiger charge is 2.40. The van der Waals surface area contributed by atoms with Gasteiger partial charge in [-0.05, 0) is 24.7 Å². The Balaban J connectivity index is 2.14. The minimum absolute atomic E-state index is 0.0702. The fourth-order valence-electron chi connectivity index (χ4n) is 2.94. The second kappa shape index (κ2) is 3.71. The molecule has 2 aliphatic carbocycles. The third-order valence-electron chi connectivity index (χ3n) is 3.74. The van der Waals surface area contributed by atoms with E-state index in [9.17, 15) is 10.1 Å². The van der Waals surface area contributed by atoms with Crippen LogP contribution < -0.4 is 0 Å². The number of rotatable bonds is 1. The van der Waals surface area contributed by atoms with Gasteiger partial charge in [0.2, 0.25) is 6.04 Å². The zero-order valence-electron chi connectivity index (χ0n) is 8.56. The minimum Gasteiger partial charge on any atom is -0.264 e. The van der Waals surface area contributed by atoms with Gasteiger partial charge in [0, 0.05) is 17.3 Å². The SMILES string of the molecule is C[C@H]1CC[C@@H]2C=CC[C@H]([N+](=O)[O-])[C@H]2C1. The molecule has 0 spiro atoms. The molecule has 2 rings (SSSR count). The lowest BCUT2D eigenvalue weighted by molar-refractivity contribution is -0.535. The summed E-state index contributed by atoms with van der Waals surface area (Å²) in [6.07, 6.45) is 8.27. The predicted octanol–water partition coefficient (Wildman–Crippen LogP) is 2.64. The van der Waals surface area contributed by atoms with Crippen LogP contribution in [0, 0.1) is 27.9 Å². The molecule has 0 N–H and O–H groups in total. The molecule has 0 aromatic heterocycles. The Morgan fingerprint density at radius 2 is 2.21 bits per heavy atom. The molecule has 0 aromatic rings. The van der Waals surface area contributed by atoms with Crippen molar-refractivity contribution in [2.75, 3.05) is 0 Å². The number of allylic oxidation sites excluding steroid dienone is 1. The quantitative estimate of drug-likeness (QED) is 0.367. The van der Waals surface area contributed by atoms with Gasteiger partial charge in [0.15, 0.2) is 0 Å². The van der Waals surface area contributed by atoms with E-state index in [1.54, 1.807) is 0 Å². The molecule has 0 amide bonds. The molecule has 0 saturated heterocycles. The van der Waals surface area contributed by atoms with Gasteiger partial charge in [-0.1, -0.05) is 25.5 Å². The van der Waals surface area contributed by atoms with Crippen molar-refractivity contribution in [2.24, 2.45) is 17.8 Å². The second-order valence-electron chi connectivity index (χ2n) is 4.76. The second-order valence-corrected chi connectivity index (χ2v) is 4.76. The molecule has 3 nitrogen and oxygen atoms in total. The van der Waals surface area contributed by atoms with E-state index < -0.39 is 0 Å². The van der Waals surface area contributed by atoms with Gasteiger partial charge in [0.1, 0.15) is 0 Å². The average molecular weight is 195 g/mol. The molecular weight excluding hydrogens is 178 g/mol. The lowest BCUT2D eigenvalue weighted by Gasteiger charge is -2.36. The Morgan fingerprint density at radius 1 is 1.43 bits per heavy atom. The van der Waals surface area contributed by atoms with Gasteiger partial charge in [-0.25, -0.2) is 0 Å². The van der Waals surface area contributed by atoms with E-state index in [-0.39, 0.29) is 11.0 Å². The third kappa shape index (κ3) is 1.68. The zero-order chi connectivity index (χ0) is 10.1. The maximum absolute atomic E-state index is 10.9. The standard InChI is InChI=1S/C11H17NO2/c1-8-5-6-9-3-2-4-11(12(13)14)10(9)7-8/h2-3,8-11H,4-7H2,1H3/t8-,9-,10-,11-/m0/s1. The van der Waals surface area contributed by atoms with Crippen LogP contribution in [0.1, 0.15) is 32.6 Å². The van der Waals surface area contributed by atoms with E-state index in [1.165, 1.54) is 6.42 Å². The number of fused-ring (bicyclic) bond motifs is 1. The molecule has 14 heavy (non-hydrogen) atoms. The highest BCUT2D eigenvalue weighted by atomic mass is 16.6. The first kappa shape index (κ1) is 9.69. The molecular formula is C11H17NO2. The summed E-state index contributed by atoms with van der Waals surface area (Å²) in [5.41, 5.74) is 0. The fourth-order valence-corrected chi connectivity index (χ4v) is 2.94. The van der Waals surface area contributed by atoms with Crippen LogP contribution >= 0.6 is 0 Å². The largest absolute Gasteiger partial charge is 0.264 e. The summed E-state index contributed by atoms with van der Waals surface area (Å²) < 4.78 is 0. The summed E-state index contributed by atoms with van der Waals surface area (Å²) >= 11 is 0. The highest BCUT2D eigenvalue weighted by molar-refractivity contribution is 5.03. The van der Waals surface area contributed by atoms with Crippen LogP contribution in [0.25, 0.3) is 0 Å². The number of nitrogens with zero attached hydrogens (tertiary/aromatic N) is 1. The van der Waals surface area contributed by atoms with Crippen molar-refractivity contribution in [1.82, 2.24) is 0 Å². The van der Waals surface area contributed by atoms with Gasteiger partial charge in [-0.2, -0.15) is 0 Å². The molecule has 78 valence electrons. The topological polar surface area (TPSA) is 43.1 Å². The van der Waals surface area contributed by atoms with Crippen LogP contribution in [0.5, 0.6) is 0 Å². The third-order valence-corrected chi connectivity index (χ3v) is 3.74. The maximum Gasteiger partial charge on any atom is 0.219 e. The van der Waals surface area contributed by atoms with E-state index in [0.29, 0.717) is 24.2 Å². The first-order valence-corrected chi connectivity index (χ1v) is 5.48. The normalized spacial score (nSPS) is 41.8. The molecule has 4 atom stereocenters. The summed E-state index contributed by atoms with van der Waals surface area (Å²) in [5.74, 6) is 1.46. The smallest absolute Gasteiger partial charge is 0.219 e. The van der Waals surface area contributed by atoms with Gasteiger partial charge >= 0.3 is 0 Å². The number of hydrogen-bond acceptors (Lipinski definition) is 2. The van der Waals surface area contributed by atoms with Gasteiger partial charge in [0.05, 0.1) is 0 Å². The maximum atomic E-state index is 10.9. The zero-order valence-corrected chi connectivity index (χ0v) is 8.56. The van der Waals surface area contributed by atoms with Crippen molar-refractivity contribution >= 4 is 0 Å². The van der Waals surface area contributed by atoms with Crippen molar-refractivity contribution in [2.45, 2.75) is 38.6 Å². The monoisotopic (exact) mass is 195 g/mol. The van der Waals surface area contributed by atoms with Crippen LogP contribution in [0.3, 0.4) is 0 Å². The van der Waals surface area contributed by atoms with Crippen LogP contribution in [0.15, 0.2) is 12.2 Å². The Labute approximate surface area is 84.3 Å². The summed E-state index contributed by atoms with van der Waals surface area (Å²) in [6, 6.07) is -0.312. The van der Waals surface area contributed by atoms with E-state index in [4.69, 9.17) is 0 Å².